The van der Waals surface area contributed by atoms with Crippen LogP contribution >= 0.6 is 0 Å². The minimum atomic E-state index is -3.69. The first kappa shape index (κ1) is 16.0. The Morgan fingerprint density at radius 2 is 1.81 bits per heavy atom. The highest BCUT2D eigenvalue weighted by Gasteiger charge is 2.41. The lowest BCUT2D eigenvalue weighted by Crippen LogP contribution is -2.41. The Balaban J connectivity index is 2.50. The summed E-state index contributed by atoms with van der Waals surface area (Å²) >= 11 is 0. The summed E-state index contributed by atoms with van der Waals surface area (Å²) in [6, 6.07) is 2.99. The van der Waals surface area contributed by atoms with Crippen molar-refractivity contribution in [3.63, 3.8) is 0 Å². The smallest absolute Gasteiger partial charge is 0.324 e. The number of esters is 1. The highest BCUT2D eigenvalue weighted by atomic mass is 32.2. The van der Waals surface area contributed by atoms with Gasteiger partial charge in [-0.05, 0) is 44.7 Å². The number of sulfonamides is 1. The molecule has 0 spiro atoms. The van der Waals surface area contributed by atoms with Crippen LogP contribution in [0.5, 0.6) is 0 Å². The minimum absolute atomic E-state index is 0.309. The lowest BCUT2D eigenvalue weighted by molar-refractivity contribution is -0.144. The zero-order chi connectivity index (χ0) is 15.8. The Labute approximate surface area is 126 Å². The molecule has 1 aromatic carbocycles. The van der Waals surface area contributed by atoms with Crippen LogP contribution in [0.3, 0.4) is 0 Å². The molecule has 1 fully saturated rings. The lowest BCUT2D eigenvalue weighted by atomic mass is 10.1. The quantitative estimate of drug-likeness (QED) is 0.800. The fraction of sp³-hybridized carbons (Fsp3) is 0.533. The second-order valence-electron chi connectivity index (χ2n) is 5.52. The summed E-state index contributed by atoms with van der Waals surface area (Å²) < 4.78 is 31.9. The fourth-order valence-corrected chi connectivity index (χ4v) is 5.15. The maximum atomic E-state index is 12.9. The zero-order valence-corrected chi connectivity index (χ0v) is 13.7. The maximum absolute atomic E-state index is 12.9. The van der Waals surface area contributed by atoms with Crippen molar-refractivity contribution in [2.75, 3.05) is 13.7 Å². The van der Waals surface area contributed by atoms with Gasteiger partial charge in [-0.2, -0.15) is 4.31 Å². The van der Waals surface area contributed by atoms with Crippen molar-refractivity contribution in [1.29, 1.82) is 0 Å². The molecule has 1 aliphatic rings. The van der Waals surface area contributed by atoms with Gasteiger partial charge in [-0.3, -0.25) is 4.79 Å². The highest BCUT2D eigenvalue weighted by Crippen LogP contribution is 2.30. The average molecular weight is 311 g/mol. The van der Waals surface area contributed by atoms with Crippen LogP contribution in [0.15, 0.2) is 17.0 Å². The van der Waals surface area contributed by atoms with Gasteiger partial charge in [-0.25, -0.2) is 8.42 Å². The van der Waals surface area contributed by atoms with E-state index < -0.39 is 22.0 Å². The van der Waals surface area contributed by atoms with Crippen molar-refractivity contribution in [3.8, 4) is 0 Å². The molecule has 6 heteroatoms. The van der Waals surface area contributed by atoms with Crippen LogP contribution in [0.1, 0.15) is 29.5 Å². The van der Waals surface area contributed by atoms with Crippen molar-refractivity contribution in [3.05, 3.63) is 28.8 Å². The number of methoxy groups -OCH3 is 1. The van der Waals surface area contributed by atoms with Crippen molar-refractivity contribution in [2.24, 2.45) is 0 Å². The normalized spacial score (nSPS) is 19.7. The summed E-state index contributed by atoms with van der Waals surface area (Å²) in [5, 5.41) is 0. The van der Waals surface area contributed by atoms with Gasteiger partial charge in [0.05, 0.1) is 12.0 Å². The molecule has 1 aliphatic heterocycles. The number of aryl methyl sites for hydroxylation is 3. The first-order chi connectivity index (χ1) is 9.78. The molecule has 21 heavy (non-hydrogen) atoms. The van der Waals surface area contributed by atoms with Gasteiger partial charge in [-0.1, -0.05) is 17.7 Å². The Morgan fingerprint density at radius 3 is 2.33 bits per heavy atom. The summed E-state index contributed by atoms with van der Waals surface area (Å²) in [6.45, 7) is 5.87. The van der Waals surface area contributed by atoms with Gasteiger partial charge in [0.25, 0.3) is 0 Å². The zero-order valence-electron chi connectivity index (χ0n) is 12.8. The largest absolute Gasteiger partial charge is 0.468 e. The van der Waals surface area contributed by atoms with Crippen LogP contribution in [0, 0.1) is 20.8 Å². The van der Waals surface area contributed by atoms with E-state index in [1.54, 1.807) is 13.8 Å². The van der Waals surface area contributed by atoms with Crippen LogP contribution < -0.4 is 0 Å². The Kier molecular flexibility index (Phi) is 4.39. The molecule has 0 N–H and O–H groups in total. The minimum Gasteiger partial charge on any atom is -0.468 e. The monoisotopic (exact) mass is 311 g/mol. The van der Waals surface area contributed by atoms with E-state index in [0.29, 0.717) is 35.4 Å². The molecule has 0 aromatic heterocycles. The average Bonchev–Trinajstić information content (AvgIpc) is 2.86. The topological polar surface area (TPSA) is 63.7 Å². The van der Waals surface area contributed by atoms with Gasteiger partial charge in [0, 0.05) is 6.54 Å². The first-order valence-corrected chi connectivity index (χ1v) is 8.40. The number of nitrogens with zero attached hydrogens (tertiary/aromatic N) is 1. The molecule has 2 rings (SSSR count). The molecule has 0 bridgehead atoms. The highest BCUT2D eigenvalue weighted by molar-refractivity contribution is 7.89. The second-order valence-corrected chi connectivity index (χ2v) is 7.35. The third-order valence-corrected chi connectivity index (χ3v) is 6.06. The standard InChI is InChI=1S/C15H21NO4S/c1-10-8-11(2)14(12(3)9-10)21(18,19)16-7-5-6-13(16)15(17)20-4/h8-9,13H,5-7H2,1-4H3. The molecule has 1 unspecified atom stereocenters. The van der Waals surface area contributed by atoms with Crippen LogP contribution in [-0.2, 0) is 19.6 Å². The van der Waals surface area contributed by atoms with E-state index in [4.69, 9.17) is 4.74 Å². The number of ether oxygens (including phenoxy) is 1. The summed E-state index contributed by atoms with van der Waals surface area (Å²) in [5.41, 5.74) is 2.45. The van der Waals surface area contributed by atoms with Gasteiger partial charge >= 0.3 is 5.97 Å². The predicted molar refractivity (Wildman–Crippen MR) is 79.6 cm³/mol. The van der Waals surface area contributed by atoms with E-state index in [1.807, 2.05) is 19.1 Å². The van der Waals surface area contributed by atoms with E-state index >= 15 is 0 Å². The third kappa shape index (κ3) is 2.82. The molecule has 1 heterocycles. The molecule has 0 radical (unpaired) electrons. The number of carbonyl (C=O) groups excluding carboxylic acids is 1. The Bertz CT molecular complexity index is 643. The van der Waals surface area contributed by atoms with Crippen LogP contribution in [0.25, 0.3) is 0 Å². The molecule has 0 amide bonds. The summed E-state index contributed by atoms with van der Waals surface area (Å²) in [5.74, 6) is -0.488. The summed E-state index contributed by atoms with van der Waals surface area (Å²) in [4.78, 5) is 12.1. The van der Waals surface area contributed by atoms with Crippen molar-refractivity contribution >= 4 is 16.0 Å². The molecule has 0 aliphatic carbocycles. The fourth-order valence-electron chi connectivity index (χ4n) is 3.09. The number of hydrogen-bond donors (Lipinski definition) is 0. The van der Waals surface area contributed by atoms with Crippen LogP contribution in [-0.4, -0.2) is 38.4 Å². The summed E-state index contributed by atoms with van der Waals surface area (Å²) in [7, 11) is -2.40. The molecule has 0 saturated carbocycles. The third-order valence-electron chi connectivity index (χ3n) is 3.85. The Morgan fingerprint density at radius 1 is 1.24 bits per heavy atom. The number of benzene rings is 1. The van der Waals surface area contributed by atoms with Gasteiger partial charge < -0.3 is 4.74 Å². The van der Waals surface area contributed by atoms with Crippen LogP contribution in [0.2, 0.25) is 0 Å². The molecular formula is C15H21NO4S. The lowest BCUT2D eigenvalue weighted by Gasteiger charge is -2.24. The van der Waals surface area contributed by atoms with Gasteiger partial charge in [0.1, 0.15) is 6.04 Å². The molecule has 1 aromatic rings. The first-order valence-electron chi connectivity index (χ1n) is 6.96. The van der Waals surface area contributed by atoms with Gasteiger partial charge in [-0.15, -0.1) is 0 Å². The van der Waals surface area contributed by atoms with Crippen molar-refractivity contribution in [2.45, 2.75) is 44.6 Å². The maximum Gasteiger partial charge on any atom is 0.324 e. The van der Waals surface area contributed by atoms with E-state index in [1.165, 1.54) is 11.4 Å². The molecule has 1 atom stereocenters. The molecule has 1 saturated heterocycles. The van der Waals surface area contributed by atoms with E-state index in [9.17, 15) is 13.2 Å². The van der Waals surface area contributed by atoms with Crippen molar-refractivity contribution < 1.29 is 17.9 Å². The van der Waals surface area contributed by atoms with E-state index in [2.05, 4.69) is 0 Å². The SMILES string of the molecule is COC(=O)C1CCCN1S(=O)(=O)c1c(C)cc(C)cc1C. The number of hydrogen-bond acceptors (Lipinski definition) is 4. The summed E-state index contributed by atoms with van der Waals surface area (Å²) in [6.07, 6.45) is 1.18. The predicted octanol–water partition coefficient (Wildman–Crippen LogP) is 1.94. The van der Waals surface area contributed by atoms with Gasteiger partial charge in [0.2, 0.25) is 10.0 Å². The van der Waals surface area contributed by atoms with Gasteiger partial charge in [0.15, 0.2) is 0 Å². The van der Waals surface area contributed by atoms with E-state index in [0.717, 1.165) is 5.56 Å². The Hall–Kier alpha value is -1.40. The van der Waals surface area contributed by atoms with Crippen LogP contribution in [0.4, 0.5) is 0 Å². The number of rotatable bonds is 3. The molecule has 116 valence electrons. The second kappa shape index (κ2) is 5.77. The molecular weight excluding hydrogens is 290 g/mol. The van der Waals surface area contributed by atoms with Crippen molar-refractivity contribution in [1.82, 2.24) is 4.31 Å². The van der Waals surface area contributed by atoms with E-state index in [-0.39, 0.29) is 0 Å². The molecule has 5 nitrogen and oxygen atoms in total. The number of carbonyl (C=O) groups is 1.